The van der Waals surface area contributed by atoms with Crippen molar-refractivity contribution < 1.29 is 9.53 Å². The smallest absolute Gasteiger partial charge is 0.408 e. The van der Waals surface area contributed by atoms with Gasteiger partial charge in [0.15, 0.2) is 5.75 Å². The second-order valence-corrected chi connectivity index (χ2v) is 6.85. The maximum Gasteiger partial charge on any atom is 0.414 e. The number of rotatable bonds is 3. The van der Waals surface area contributed by atoms with Crippen LogP contribution in [0.4, 0.5) is 4.79 Å². The molecule has 7 nitrogen and oxygen atoms in total. The zero-order chi connectivity index (χ0) is 20.5. The number of H-pyrrole nitrogens is 1. The molecule has 2 heterocycles. The number of nitrogens with one attached hydrogen (secondary N) is 1. The maximum atomic E-state index is 13.5. The first-order chi connectivity index (χ1) is 14.0. The minimum Gasteiger partial charge on any atom is -0.408 e. The first-order valence-corrected chi connectivity index (χ1v) is 9.02. The molecular formula is C22H18N4O3. The average molecular weight is 386 g/mol. The lowest BCUT2D eigenvalue weighted by Gasteiger charge is -2.15. The number of pyridine rings is 1. The molecule has 0 spiro atoms. The van der Waals surface area contributed by atoms with Crippen LogP contribution in [0.25, 0.3) is 16.7 Å². The van der Waals surface area contributed by atoms with E-state index in [9.17, 15) is 14.9 Å². The number of hydrogen-bond donors (Lipinski definition) is 1. The number of ether oxygens (including phenoxy) is 1. The van der Waals surface area contributed by atoms with Gasteiger partial charge in [-0.15, -0.1) is 0 Å². The van der Waals surface area contributed by atoms with Gasteiger partial charge in [-0.2, -0.15) is 5.26 Å². The van der Waals surface area contributed by atoms with Gasteiger partial charge in [0.25, 0.3) is 5.56 Å². The van der Waals surface area contributed by atoms with Gasteiger partial charge in [0, 0.05) is 20.5 Å². The molecule has 2 aromatic carbocycles. The van der Waals surface area contributed by atoms with Gasteiger partial charge in [0.05, 0.1) is 16.6 Å². The highest BCUT2D eigenvalue weighted by molar-refractivity contribution is 5.84. The first-order valence-electron chi connectivity index (χ1n) is 9.02. The molecule has 0 saturated carbocycles. The van der Waals surface area contributed by atoms with E-state index in [2.05, 4.69) is 11.1 Å². The fraction of sp³-hybridized carbons (Fsp3) is 0.136. The summed E-state index contributed by atoms with van der Waals surface area (Å²) in [6, 6.07) is 18.8. The Kier molecular flexibility index (Phi) is 4.53. The zero-order valence-corrected chi connectivity index (χ0v) is 16.0. The van der Waals surface area contributed by atoms with Crippen molar-refractivity contribution in [3.05, 3.63) is 81.6 Å². The van der Waals surface area contributed by atoms with Crippen molar-refractivity contribution >= 4 is 22.8 Å². The Labute approximate surface area is 166 Å². The van der Waals surface area contributed by atoms with E-state index in [4.69, 9.17) is 4.74 Å². The van der Waals surface area contributed by atoms with Crippen molar-refractivity contribution in [2.45, 2.75) is 6.42 Å². The molecule has 7 heteroatoms. The van der Waals surface area contributed by atoms with E-state index >= 15 is 0 Å². The Balaban J connectivity index is 2.07. The van der Waals surface area contributed by atoms with E-state index in [1.165, 1.54) is 9.30 Å². The average Bonchev–Trinajstić information content (AvgIpc) is 3.11. The minimum atomic E-state index is -0.657. The van der Waals surface area contributed by atoms with Crippen LogP contribution in [-0.4, -0.2) is 34.5 Å². The number of aromatic nitrogens is 2. The number of para-hydroxylation sites is 2. The van der Waals surface area contributed by atoms with Crippen molar-refractivity contribution in [1.82, 2.24) is 14.3 Å². The van der Waals surface area contributed by atoms with Crippen LogP contribution in [-0.2, 0) is 6.42 Å². The Morgan fingerprint density at radius 2 is 1.83 bits per heavy atom. The molecule has 1 amide bonds. The number of amides is 1. The van der Waals surface area contributed by atoms with Crippen LogP contribution in [0.2, 0.25) is 0 Å². The maximum absolute atomic E-state index is 13.5. The summed E-state index contributed by atoms with van der Waals surface area (Å²) in [7, 11) is 3.08. The molecule has 0 aliphatic carbocycles. The number of aromatic amines is 1. The van der Waals surface area contributed by atoms with Gasteiger partial charge >= 0.3 is 6.09 Å². The minimum absolute atomic E-state index is 0.00777. The van der Waals surface area contributed by atoms with Crippen LogP contribution in [0.3, 0.4) is 0 Å². The van der Waals surface area contributed by atoms with Crippen molar-refractivity contribution in [2.75, 3.05) is 14.1 Å². The van der Waals surface area contributed by atoms with E-state index in [1.807, 2.05) is 48.5 Å². The van der Waals surface area contributed by atoms with Gasteiger partial charge in [-0.3, -0.25) is 9.20 Å². The molecule has 0 aliphatic heterocycles. The highest BCUT2D eigenvalue weighted by Gasteiger charge is 2.25. The Bertz CT molecular complexity index is 1330. The first kappa shape index (κ1) is 18.3. The molecule has 0 saturated heterocycles. The third-order valence-corrected chi connectivity index (χ3v) is 4.71. The topological polar surface area (TPSA) is 90.6 Å². The molecule has 4 rings (SSSR count). The molecule has 0 unspecified atom stereocenters. The van der Waals surface area contributed by atoms with Gasteiger partial charge in [-0.05, 0) is 17.7 Å². The summed E-state index contributed by atoms with van der Waals surface area (Å²) in [5.74, 6) is -0.00777. The Morgan fingerprint density at radius 1 is 1.14 bits per heavy atom. The lowest BCUT2D eigenvalue weighted by atomic mass is 10.0. The normalized spacial score (nSPS) is 10.8. The standard InChI is InChI=1S/C22H18N4O3/c1-25(2)22(28)29-19-15(12-14-8-4-3-5-9-14)21(27)26-18-11-7-6-10-17(18)24-20(26)16(19)13-23/h3-11,24H,12H2,1-2H3. The molecule has 0 fully saturated rings. The number of nitrogens with zero attached hydrogens (tertiary/aromatic N) is 3. The lowest BCUT2D eigenvalue weighted by molar-refractivity contribution is 0.171. The van der Waals surface area contributed by atoms with Gasteiger partial charge in [0.2, 0.25) is 0 Å². The van der Waals surface area contributed by atoms with Gasteiger partial charge in [-0.1, -0.05) is 42.5 Å². The third kappa shape index (κ3) is 3.11. The summed E-state index contributed by atoms with van der Waals surface area (Å²) < 4.78 is 6.99. The SMILES string of the molecule is CN(C)C(=O)Oc1c(Cc2ccccc2)c(=O)n2c([nH]c3ccccc32)c1C#N. The number of carbonyl (C=O) groups is 1. The number of carbonyl (C=O) groups excluding carboxylic acids is 1. The largest absolute Gasteiger partial charge is 0.414 e. The summed E-state index contributed by atoms with van der Waals surface area (Å²) in [6.45, 7) is 0. The highest BCUT2D eigenvalue weighted by atomic mass is 16.6. The Hall–Kier alpha value is -4.05. The highest BCUT2D eigenvalue weighted by Crippen LogP contribution is 2.29. The number of nitriles is 1. The third-order valence-electron chi connectivity index (χ3n) is 4.71. The second kappa shape index (κ2) is 7.17. The molecule has 0 atom stereocenters. The summed E-state index contributed by atoms with van der Waals surface area (Å²) in [5, 5.41) is 9.88. The fourth-order valence-corrected chi connectivity index (χ4v) is 3.30. The fourth-order valence-electron chi connectivity index (χ4n) is 3.30. The Morgan fingerprint density at radius 3 is 2.52 bits per heavy atom. The second-order valence-electron chi connectivity index (χ2n) is 6.85. The lowest BCUT2D eigenvalue weighted by Crippen LogP contribution is -2.28. The number of fused-ring (bicyclic) bond motifs is 3. The van der Waals surface area contributed by atoms with Crippen LogP contribution in [0.15, 0.2) is 59.4 Å². The molecule has 2 aromatic heterocycles. The molecule has 144 valence electrons. The van der Waals surface area contributed by atoms with Crippen LogP contribution < -0.4 is 10.3 Å². The zero-order valence-electron chi connectivity index (χ0n) is 16.0. The monoisotopic (exact) mass is 386 g/mol. The number of imidazole rings is 1. The van der Waals surface area contributed by atoms with Crippen molar-refractivity contribution in [1.29, 1.82) is 5.26 Å². The van der Waals surface area contributed by atoms with E-state index in [0.29, 0.717) is 16.7 Å². The summed E-state index contributed by atoms with van der Waals surface area (Å²) in [6.07, 6.45) is -0.428. The van der Waals surface area contributed by atoms with Crippen LogP contribution in [0.1, 0.15) is 16.7 Å². The summed E-state index contributed by atoms with van der Waals surface area (Å²) in [5.41, 5.74) is 2.58. The molecule has 4 aromatic rings. The number of benzene rings is 2. The van der Waals surface area contributed by atoms with E-state index in [0.717, 1.165) is 5.56 Å². The van der Waals surface area contributed by atoms with Crippen LogP contribution in [0, 0.1) is 11.3 Å². The van der Waals surface area contributed by atoms with E-state index in [-0.39, 0.29) is 28.9 Å². The van der Waals surface area contributed by atoms with E-state index in [1.54, 1.807) is 20.2 Å². The van der Waals surface area contributed by atoms with E-state index < -0.39 is 6.09 Å². The van der Waals surface area contributed by atoms with Gasteiger partial charge in [0.1, 0.15) is 17.3 Å². The number of hydrogen-bond acceptors (Lipinski definition) is 4. The predicted octanol–water partition coefficient (Wildman–Crippen LogP) is 3.30. The summed E-state index contributed by atoms with van der Waals surface area (Å²) >= 11 is 0. The van der Waals surface area contributed by atoms with Gasteiger partial charge < -0.3 is 14.6 Å². The van der Waals surface area contributed by atoms with Crippen molar-refractivity contribution in [2.24, 2.45) is 0 Å². The molecular weight excluding hydrogens is 368 g/mol. The molecule has 0 bridgehead atoms. The van der Waals surface area contributed by atoms with Gasteiger partial charge in [-0.25, -0.2) is 4.79 Å². The summed E-state index contributed by atoms with van der Waals surface area (Å²) in [4.78, 5) is 30.1. The van der Waals surface area contributed by atoms with Crippen LogP contribution >= 0.6 is 0 Å². The van der Waals surface area contributed by atoms with Crippen molar-refractivity contribution in [3.63, 3.8) is 0 Å². The predicted molar refractivity (Wildman–Crippen MR) is 109 cm³/mol. The van der Waals surface area contributed by atoms with Crippen LogP contribution in [0.5, 0.6) is 5.75 Å². The van der Waals surface area contributed by atoms with Crippen molar-refractivity contribution in [3.8, 4) is 11.8 Å². The molecule has 0 radical (unpaired) electrons. The quantitative estimate of drug-likeness (QED) is 0.585. The molecule has 0 aliphatic rings. The molecule has 1 N–H and O–H groups in total. The molecule has 29 heavy (non-hydrogen) atoms.